The second kappa shape index (κ2) is 19.4. The molecule has 1 atom stereocenters. The van der Waals surface area contributed by atoms with E-state index in [0.717, 1.165) is 24.5 Å². The van der Waals surface area contributed by atoms with E-state index in [1.807, 2.05) is 12.1 Å². The molecular weight excluding hydrogens is 460 g/mol. The van der Waals surface area contributed by atoms with Crippen LogP contribution in [0.15, 0.2) is 60.9 Å². The van der Waals surface area contributed by atoms with Crippen molar-refractivity contribution in [3.63, 3.8) is 0 Å². The second-order valence-electron chi connectivity index (χ2n) is 10.00. The number of benzene rings is 2. The van der Waals surface area contributed by atoms with Crippen molar-refractivity contribution in [2.45, 2.75) is 104 Å². The molecule has 0 aliphatic rings. The van der Waals surface area contributed by atoms with E-state index >= 15 is 0 Å². The minimum Gasteiger partial charge on any atom is -0.494 e. The van der Waals surface area contributed by atoms with E-state index < -0.39 is 5.97 Å². The average Bonchev–Trinajstić information content (AvgIpc) is 2.92. The van der Waals surface area contributed by atoms with Crippen LogP contribution in [0.1, 0.15) is 115 Å². The van der Waals surface area contributed by atoms with Gasteiger partial charge in [-0.15, -0.1) is 0 Å². The van der Waals surface area contributed by atoms with E-state index in [9.17, 15) is 4.79 Å². The third-order valence-electron chi connectivity index (χ3n) is 6.71. The quantitative estimate of drug-likeness (QED) is 0.0772. The zero-order valence-electron chi connectivity index (χ0n) is 23.4. The first-order valence-electron chi connectivity index (χ1n) is 14.5. The third-order valence-corrected chi connectivity index (χ3v) is 6.71. The Kier molecular flexibility index (Phi) is 16.0. The first-order chi connectivity index (χ1) is 18.1. The van der Waals surface area contributed by atoms with E-state index in [0.29, 0.717) is 23.7 Å². The zero-order valence-corrected chi connectivity index (χ0v) is 23.4. The normalized spacial score (nSPS) is 12.0. The molecule has 204 valence electrons. The number of esters is 1. The molecule has 0 saturated carbocycles. The molecule has 0 spiro atoms. The number of carbonyl (C=O) groups is 1. The Balaban J connectivity index is 1.62. The number of ether oxygens (including phenoxy) is 3. The maximum absolute atomic E-state index is 12.5. The molecule has 0 bridgehead atoms. The van der Waals surface area contributed by atoms with Gasteiger partial charge in [-0.25, -0.2) is 4.79 Å². The number of hydrogen-bond acceptors (Lipinski definition) is 4. The van der Waals surface area contributed by atoms with Crippen LogP contribution in [0.3, 0.4) is 0 Å². The van der Waals surface area contributed by atoms with Crippen molar-refractivity contribution >= 4 is 5.97 Å². The Labute approximate surface area is 225 Å². The van der Waals surface area contributed by atoms with Gasteiger partial charge in [0, 0.05) is 0 Å². The molecule has 0 aromatic heterocycles. The topological polar surface area (TPSA) is 44.8 Å². The molecule has 2 aromatic rings. The largest absolute Gasteiger partial charge is 0.494 e. The standard InChI is InChI=1S/C33H48O4/c1-4-6-7-8-9-10-11-12-15-26-35-30-20-18-29(19-21-30)33(34)37-32-24-22-31(23-25-32)36-27-16-13-14-17-28(3)5-2/h15,18-26,28H,4-14,16-17,27H2,1-3H3/b26-15+/t28-/m0/s1. The summed E-state index contributed by atoms with van der Waals surface area (Å²) < 4.78 is 17.0. The van der Waals surface area contributed by atoms with Crippen LogP contribution < -0.4 is 14.2 Å². The molecule has 2 rings (SSSR count). The minimum absolute atomic E-state index is 0.393. The fourth-order valence-corrected chi connectivity index (χ4v) is 4.02. The summed E-state index contributed by atoms with van der Waals surface area (Å²) in [6, 6.07) is 14.2. The van der Waals surface area contributed by atoms with Gasteiger partial charge < -0.3 is 14.2 Å². The Morgan fingerprint density at radius 3 is 2.08 bits per heavy atom. The van der Waals surface area contributed by atoms with Crippen molar-refractivity contribution in [2.75, 3.05) is 6.61 Å². The van der Waals surface area contributed by atoms with Gasteiger partial charge in [0.2, 0.25) is 0 Å². The summed E-state index contributed by atoms with van der Waals surface area (Å²) in [6.07, 6.45) is 20.0. The van der Waals surface area contributed by atoms with Gasteiger partial charge in [0.05, 0.1) is 18.4 Å². The Hall–Kier alpha value is -2.75. The Morgan fingerprint density at radius 1 is 0.757 bits per heavy atom. The van der Waals surface area contributed by atoms with Crippen molar-refractivity contribution < 1.29 is 19.0 Å². The lowest BCUT2D eigenvalue weighted by atomic mass is 10.0. The zero-order chi connectivity index (χ0) is 26.6. The predicted octanol–water partition coefficient (Wildman–Crippen LogP) is 9.92. The van der Waals surface area contributed by atoms with Gasteiger partial charge in [-0.1, -0.05) is 85.0 Å². The molecule has 2 aromatic carbocycles. The van der Waals surface area contributed by atoms with Crippen molar-refractivity contribution in [1.82, 2.24) is 0 Å². The van der Waals surface area contributed by atoms with Gasteiger partial charge in [0.15, 0.2) is 0 Å². The fourth-order valence-electron chi connectivity index (χ4n) is 4.02. The molecule has 0 N–H and O–H groups in total. The summed E-state index contributed by atoms with van der Waals surface area (Å²) in [4.78, 5) is 12.5. The van der Waals surface area contributed by atoms with Crippen LogP contribution in [0.4, 0.5) is 0 Å². The first kappa shape index (κ1) is 30.5. The van der Waals surface area contributed by atoms with E-state index in [2.05, 4.69) is 26.8 Å². The highest BCUT2D eigenvalue weighted by atomic mass is 16.5. The molecule has 0 heterocycles. The van der Waals surface area contributed by atoms with Crippen LogP contribution in [0.5, 0.6) is 17.2 Å². The molecule has 4 nitrogen and oxygen atoms in total. The van der Waals surface area contributed by atoms with Gasteiger partial charge in [-0.3, -0.25) is 0 Å². The molecule has 4 heteroatoms. The van der Waals surface area contributed by atoms with Crippen molar-refractivity contribution in [1.29, 1.82) is 0 Å². The maximum Gasteiger partial charge on any atom is 0.343 e. The summed E-state index contributed by atoms with van der Waals surface area (Å²) in [5.74, 6) is 2.42. The Morgan fingerprint density at radius 2 is 1.38 bits per heavy atom. The molecule has 0 radical (unpaired) electrons. The highest BCUT2D eigenvalue weighted by molar-refractivity contribution is 5.91. The van der Waals surface area contributed by atoms with E-state index in [1.54, 1.807) is 42.7 Å². The molecule has 0 unspecified atom stereocenters. The summed E-state index contributed by atoms with van der Waals surface area (Å²) in [6.45, 7) is 7.52. The Bertz CT molecular complexity index is 870. The number of carbonyl (C=O) groups excluding carboxylic acids is 1. The summed E-state index contributed by atoms with van der Waals surface area (Å²) in [7, 11) is 0. The van der Waals surface area contributed by atoms with Crippen LogP contribution in [0.2, 0.25) is 0 Å². The van der Waals surface area contributed by atoms with E-state index in [1.165, 1.54) is 70.6 Å². The molecule has 0 saturated heterocycles. The summed E-state index contributed by atoms with van der Waals surface area (Å²) in [5, 5.41) is 0. The number of rotatable bonds is 20. The van der Waals surface area contributed by atoms with Crippen LogP contribution >= 0.6 is 0 Å². The summed E-state index contributed by atoms with van der Waals surface area (Å²) in [5.41, 5.74) is 0.483. The lowest BCUT2D eigenvalue weighted by molar-refractivity contribution is 0.0734. The number of hydrogen-bond donors (Lipinski definition) is 0. The number of unbranched alkanes of at least 4 members (excludes halogenated alkanes) is 9. The van der Waals surface area contributed by atoms with E-state index in [-0.39, 0.29) is 0 Å². The van der Waals surface area contributed by atoms with Crippen molar-refractivity contribution in [3.05, 3.63) is 66.4 Å². The van der Waals surface area contributed by atoms with Crippen molar-refractivity contribution in [2.24, 2.45) is 5.92 Å². The van der Waals surface area contributed by atoms with Gasteiger partial charge in [-0.05, 0) is 79.8 Å². The molecule has 0 amide bonds. The lowest BCUT2D eigenvalue weighted by Crippen LogP contribution is -2.08. The van der Waals surface area contributed by atoms with Crippen LogP contribution in [0, 0.1) is 5.92 Å². The van der Waals surface area contributed by atoms with Crippen LogP contribution in [-0.2, 0) is 0 Å². The molecule has 37 heavy (non-hydrogen) atoms. The second-order valence-corrected chi connectivity index (χ2v) is 10.00. The van der Waals surface area contributed by atoms with Crippen LogP contribution in [-0.4, -0.2) is 12.6 Å². The van der Waals surface area contributed by atoms with Gasteiger partial charge in [0.25, 0.3) is 0 Å². The monoisotopic (exact) mass is 508 g/mol. The van der Waals surface area contributed by atoms with E-state index in [4.69, 9.17) is 14.2 Å². The summed E-state index contributed by atoms with van der Waals surface area (Å²) >= 11 is 0. The van der Waals surface area contributed by atoms with Crippen molar-refractivity contribution in [3.8, 4) is 17.2 Å². The maximum atomic E-state index is 12.5. The molecule has 0 aliphatic carbocycles. The molecule has 0 aliphatic heterocycles. The molecular formula is C33H48O4. The highest BCUT2D eigenvalue weighted by Crippen LogP contribution is 2.20. The smallest absolute Gasteiger partial charge is 0.343 e. The predicted molar refractivity (Wildman–Crippen MR) is 154 cm³/mol. The average molecular weight is 509 g/mol. The van der Waals surface area contributed by atoms with Gasteiger partial charge >= 0.3 is 5.97 Å². The number of allylic oxidation sites excluding steroid dienone is 1. The third kappa shape index (κ3) is 13.9. The molecule has 0 fully saturated rings. The SMILES string of the molecule is CCCCCCCCC/C=C/Oc1ccc(C(=O)Oc2ccc(OCCCCC[C@@H](C)CC)cc2)cc1. The lowest BCUT2D eigenvalue weighted by Gasteiger charge is -2.09. The highest BCUT2D eigenvalue weighted by Gasteiger charge is 2.09. The minimum atomic E-state index is -0.393. The van der Waals surface area contributed by atoms with Crippen LogP contribution in [0.25, 0.3) is 0 Å². The van der Waals surface area contributed by atoms with Gasteiger partial charge in [0.1, 0.15) is 17.2 Å². The van der Waals surface area contributed by atoms with Gasteiger partial charge in [-0.2, -0.15) is 0 Å². The first-order valence-corrected chi connectivity index (χ1v) is 14.5. The fraction of sp³-hybridized carbons (Fsp3) is 0.545.